The zero-order valence-electron chi connectivity index (χ0n) is 19.8. The number of nitrogens with zero attached hydrogens (tertiary/aromatic N) is 1. The molecule has 0 saturated carbocycles. The van der Waals surface area contributed by atoms with Crippen molar-refractivity contribution in [3.05, 3.63) is 18.0 Å². The third-order valence-corrected chi connectivity index (χ3v) is 5.49. The van der Waals surface area contributed by atoms with Crippen LogP contribution in [0.4, 0.5) is 0 Å². The number of nitrogens with one attached hydrogen (secondary N) is 1. The van der Waals surface area contributed by atoms with Gasteiger partial charge in [0.2, 0.25) is 0 Å². The number of esters is 2. The highest BCUT2D eigenvalue weighted by molar-refractivity contribution is 5.98. The molecule has 33 heavy (non-hydrogen) atoms. The number of aromatic hydroxyl groups is 1. The Bertz CT molecular complexity index is 829. The topological polar surface area (TPSA) is 133 Å². The molecule has 10 heteroatoms. The number of methoxy groups -OCH3 is 1. The van der Waals surface area contributed by atoms with E-state index >= 15 is 0 Å². The van der Waals surface area contributed by atoms with Crippen molar-refractivity contribution in [1.29, 1.82) is 0 Å². The number of pyridine rings is 1. The molecular weight excluding hydrogens is 432 g/mol. The van der Waals surface area contributed by atoms with Crippen LogP contribution in [-0.2, 0) is 23.8 Å². The predicted octanol–water partition coefficient (Wildman–Crippen LogP) is 2.23. The first kappa shape index (κ1) is 26.4. The summed E-state index contributed by atoms with van der Waals surface area (Å²) in [7, 11) is 1.35. The number of carbonyl (C=O) groups is 3. The van der Waals surface area contributed by atoms with Crippen LogP contribution in [0.15, 0.2) is 12.3 Å². The monoisotopic (exact) mass is 466 g/mol. The summed E-state index contributed by atoms with van der Waals surface area (Å²) in [5.74, 6) is -2.75. The summed E-state index contributed by atoms with van der Waals surface area (Å²) < 4.78 is 22.0. The van der Waals surface area contributed by atoms with Gasteiger partial charge in [-0.3, -0.25) is 9.59 Å². The van der Waals surface area contributed by atoms with E-state index in [9.17, 15) is 19.5 Å². The average Bonchev–Trinajstić information content (AvgIpc) is 2.82. The van der Waals surface area contributed by atoms with Crippen molar-refractivity contribution in [3.8, 4) is 11.5 Å². The molecule has 1 saturated heterocycles. The maximum Gasteiger partial charge on any atom is 0.331 e. The van der Waals surface area contributed by atoms with Gasteiger partial charge in [0.15, 0.2) is 23.2 Å². The standard InChI is InChI=1S/C23H34N2O8/c1-6-7-8-15-14(4)32-23(29)16(11-31-12-18(15)33-22(28)13(2)3)25-21(27)19-20(26)17(30-5)9-10-24-19/h9-10,13-16,18,26H,6-8,11-12H2,1-5H3,(H,25,27)/t14-,15-,16-,18-/m0/s1. The maximum atomic E-state index is 12.8. The summed E-state index contributed by atoms with van der Waals surface area (Å²) in [5.41, 5.74) is -0.292. The number of amides is 1. The van der Waals surface area contributed by atoms with E-state index in [4.69, 9.17) is 18.9 Å². The highest BCUT2D eigenvalue weighted by Gasteiger charge is 2.37. The quantitative estimate of drug-likeness (QED) is 0.553. The molecule has 0 aromatic carbocycles. The Morgan fingerprint density at radius 2 is 2.06 bits per heavy atom. The summed E-state index contributed by atoms with van der Waals surface area (Å²) in [5, 5.41) is 12.7. The molecule has 1 aliphatic heterocycles. The minimum Gasteiger partial charge on any atom is -0.503 e. The van der Waals surface area contributed by atoms with Crippen LogP contribution in [0.2, 0.25) is 0 Å². The van der Waals surface area contributed by atoms with Crippen LogP contribution in [0, 0.1) is 11.8 Å². The molecule has 4 atom stereocenters. The fraction of sp³-hybridized carbons (Fsp3) is 0.652. The number of hydrogen-bond donors (Lipinski definition) is 2. The predicted molar refractivity (Wildman–Crippen MR) is 118 cm³/mol. The van der Waals surface area contributed by atoms with Gasteiger partial charge in [0, 0.05) is 18.2 Å². The number of hydrogen-bond acceptors (Lipinski definition) is 9. The molecule has 2 heterocycles. The Labute approximate surface area is 193 Å². The normalized spacial score (nSPS) is 23.6. The summed E-state index contributed by atoms with van der Waals surface area (Å²) in [6.45, 7) is 7.15. The molecule has 0 spiro atoms. The number of rotatable bonds is 8. The van der Waals surface area contributed by atoms with Crippen molar-refractivity contribution in [3.63, 3.8) is 0 Å². The van der Waals surface area contributed by atoms with E-state index in [2.05, 4.69) is 10.3 Å². The van der Waals surface area contributed by atoms with Gasteiger partial charge < -0.3 is 29.4 Å². The van der Waals surface area contributed by atoms with Gasteiger partial charge in [-0.25, -0.2) is 9.78 Å². The lowest BCUT2D eigenvalue weighted by atomic mass is 9.91. The van der Waals surface area contributed by atoms with Crippen LogP contribution in [-0.4, -0.2) is 66.5 Å². The lowest BCUT2D eigenvalue weighted by Crippen LogP contribution is -2.46. The van der Waals surface area contributed by atoms with E-state index in [-0.39, 0.29) is 42.5 Å². The number of aromatic nitrogens is 1. The van der Waals surface area contributed by atoms with Crippen LogP contribution >= 0.6 is 0 Å². The third-order valence-electron chi connectivity index (χ3n) is 5.49. The Hall–Kier alpha value is -2.88. The van der Waals surface area contributed by atoms with Gasteiger partial charge in [-0.05, 0) is 13.3 Å². The van der Waals surface area contributed by atoms with Gasteiger partial charge in [-0.2, -0.15) is 0 Å². The minimum absolute atomic E-state index is 0.0584. The molecule has 1 aliphatic rings. The molecule has 1 aromatic heterocycles. The molecule has 0 unspecified atom stereocenters. The first-order valence-electron chi connectivity index (χ1n) is 11.2. The van der Waals surface area contributed by atoms with Crippen LogP contribution in [0.25, 0.3) is 0 Å². The molecule has 10 nitrogen and oxygen atoms in total. The van der Waals surface area contributed by atoms with Gasteiger partial charge in [0.05, 0.1) is 26.2 Å². The van der Waals surface area contributed by atoms with Crippen LogP contribution in [0.1, 0.15) is 57.4 Å². The Kier molecular flexibility index (Phi) is 9.90. The summed E-state index contributed by atoms with van der Waals surface area (Å²) >= 11 is 0. The summed E-state index contributed by atoms with van der Waals surface area (Å²) in [6.07, 6.45) is 2.62. The smallest absolute Gasteiger partial charge is 0.331 e. The number of cyclic esters (lactones) is 1. The van der Waals surface area contributed by atoms with Crippen molar-refractivity contribution in [2.24, 2.45) is 11.8 Å². The van der Waals surface area contributed by atoms with Crippen molar-refractivity contribution < 1.29 is 38.4 Å². The Morgan fingerprint density at radius 1 is 1.33 bits per heavy atom. The van der Waals surface area contributed by atoms with Gasteiger partial charge >= 0.3 is 11.9 Å². The third kappa shape index (κ3) is 7.05. The first-order valence-corrected chi connectivity index (χ1v) is 11.2. The number of unbranched alkanes of at least 4 members (excludes halogenated alkanes) is 1. The fourth-order valence-corrected chi connectivity index (χ4v) is 3.51. The van der Waals surface area contributed by atoms with E-state index in [1.54, 1.807) is 20.8 Å². The zero-order valence-corrected chi connectivity index (χ0v) is 19.8. The molecule has 2 rings (SSSR count). The first-order chi connectivity index (χ1) is 15.7. The van der Waals surface area contributed by atoms with Crippen molar-refractivity contribution >= 4 is 17.8 Å². The molecular formula is C23H34N2O8. The van der Waals surface area contributed by atoms with Crippen LogP contribution in [0.5, 0.6) is 11.5 Å². The van der Waals surface area contributed by atoms with Gasteiger partial charge in [0.1, 0.15) is 12.2 Å². The van der Waals surface area contributed by atoms with Crippen molar-refractivity contribution in [2.75, 3.05) is 20.3 Å². The van der Waals surface area contributed by atoms with Gasteiger partial charge in [-0.1, -0.05) is 33.6 Å². The fourth-order valence-electron chi connectivity index (χ4n) is 3.51. The highest BCUT2D eigenvalue weighted by Crippen LogP contribution is 2.28. The largest absolute Gasteiger partial charge is 0.503 e. The van der Waals surface area contributed by atoms with E-state index in [1.165, 1.54) is 19.4 Å². The lowest BCUT2D eigenvalue weighted by Gasteiger charge is -2.30. The second-order valence-electron chi connectivity index (χ2n) is 8.35. The second kappa shape index (κ2) is 12.4. The summed E-state index contributed by atoms with van der Waals surface area (Å²) in [4.78, 5) is 41.6. The highest BCUT2D eigenvalue weighted by atomic mass is 16.6. The van der Waals surface area contributed by atoms with Gasteiger partial charge in [0.25, 0.3) is 5.91 Å². The van der Waals surface area contributed by atoms with Crippen LogP contribution < -0.4 is 10.1 Å². The van der Waals surface area contributed by atoms with E-state index in [0.717, 1.165) is 12.8 Å². The zero-order chi connectivity index (χ0) is 24.5. The molecule has 1 amide bonds. The lowest BCUT2D eigenvalue weighted by molar-refractivity contribution is -0.165. The van der Waals surface area contributed by atoms with Crippen molar-refractivity contribution in [2.45, 2.75) is 65.2 Å². The number of ether oxygens (including phenoxy) is 4. The van der Waals surface area contributed by atoms with Gasteiger partial charge in [-0.15, -0.1) is 0 Å². The molecule has 0 aliphatic carbocycles. The molecule has 1 aromatic rings. The van der Waals surface area contributed by atoms with E-state index < -0.39 is 35.9 Å². The van der Waals surface area contributed by atoms with Crippen LogP contribution in [0.3, 0.4) is 0 Å². The SMILES string of the molecule is CCCC[C@H]1[C@H](C)OC(=O)[C@@H](NC(=O)c2nccc(OC)c2O)COC[C@@H]1OC(=O)C(C)C. The molecule has 0 radical (unpaired) electrons. The Balaban J connectivity index is 2.20. The molecule has 0 bridgehead atoms. The van der Waals surface area contributed by atoms with Crippen molar-refractivity contribution in [1.82, 2.24) is 10.3 Å². The van der Waals surface area contributed by atoms with E-state index in [1.807, 2.05) is 6.92 Å². The molecule has 184 valence electrons. The minimum atomic E-state index is -1.14. The average molecular weight is 467 g/mol. The van der Waals surface area contributed by atoms with E-state index in [0.29, 0.717) is 6.42 Å². The summed E-state index contributed by atoms with van der Waals surface area (Å²) in [6, 6.07) is 0.263. The maximum absolute atomic E-state index is 12.8. The molecule has 2 N–H and O–H groups in total. The Morgan fingerprint density at radius 3 is 2.70 bits per heavy atom. The molecule has 1 fully saturated rings. The number of carbonyl (C=O) groups excluding carboxylic acids is 3. The second-order valence-corrected chi connectivity index (χ2v) is 8.35.